The summed E-state index contributed by atoms with van der Waals surface area (Å²) in [4.78, 5) is 0. The Morgan fingerprint density at radius 3 is 2.94 bits per heavy atom. The summed E-state index contributed by atoms with van der Waals surface area (Å²) in [5.74, 6) is 6.36. The summed E-state index contributed by atoms with van der Waals surface area (Å²) in [6.07, 6.45) is 0.997. The molecule has 0 saturated carbocycles. The molecule has 0 spiro atoms. The van der Waals surface area contributed by atoms with Gasteiger partial charge in [0.15, 0.2) is 0 Å². The molecule has 0 amide bonds. The molecule has 0 aliphatic heterocycles. The highest BCUT2D eigenvalue weighted by Crippen LogP contribution is 2.24. The maximum Gasteiger partial charge on any atom is 0.134 e. The Kier molecular flexibility index (Phi) is 4.36. The first-order valence-electron chi connectivity index (χ1n) is 6.28. The van der Waals surface area contributed by atoms with Gasteiger partial charge in [-0.15, -0.1) is 0 Å². The predicted molar refractivity (Wildman–Crippen MR) is 72.1 cm³/mol. The van der Waals surface area contributed by atoms with Crippen molar-refractivity contribution in [2.24, 2.45) is 5.84 Å². The highest BCUT2D eigenvalue weighted by molar-refractivity contribution is 5.78. The van der Waals surface area contributed by atoms with E-state index in [1.165, 1.54) is 5.56 Å². The number of nitrogens with two attached hydrogens (primary N) is 1. The normalized spacial score (nSPS) is 13.1. The lowest BCUT2D eigenvalue weighted by Gasteiger charge is -2.12. The summed E-state index contributed by atoms with van der Waals surface area (Å²) < 4.78 is 11.3. The van der Waals surface area contributed by atoms with Crippen LogP contribution in [0.25, 0.3) is 11.0 Å². The lowest BCUT2D eigenvalue weighted by Crippen LogP contribution is -2.31. The molecule has 0 saturated heterocycles. The largest absolute Gasteiger partial charge is 0.459 e. The number of ether oxygens (including phenoxy) is 1. The second-order valence-corrected chi connectivity index (χ2v) is 4.48. The Labute approximate surface area is 107 Å². The SMILES string of the molecule is CCCOCC(NN)c1cc2cc(C)ccc2o1. The monoisotopic (exact) mass is 248 g/mol. The number of rotatable bonds is 6. The minimum Gasteiger partial charge on any atom is -0.459 e. The van der Waals surface area contributed by atoms with E-state index >= 15 is 0 Å². The van der Waals surface area contributed by atoms with Gasteiger partial charge >= 0.3 is 0 Å². The molecule has 4 heteroatoms. The Balaban J connectivity index is 2.17. The molecule has 0 bridgehead atoms. The zero-order chi connectivity index (χ0) is 13.0. The molecular weight excluding hydrogens is 228 g/mol. The van der Waals surface area contributed by atoms with Crippen LogP contribution in [0.15, 0.2) is 28.7 Å². The number of hydrogen-bond acceptors (Lipinski definition) is 4. The van der Waals surface area contributed by atoms with Crippen molar-refractivity contribution in [1.29, 1.82) is 0 Å². The van der Waals surface area contributed by atoms with Gasteiger partial charge in [-0.2, -0.15) is 0 Å². The highest BCUT2D eigenvalue weighted by Gasteiger charge is 2.15. The van der Waals surface area contributed by atoms with Gasteiger partial charge in [-0.3, -0.25) is 5.84 Å². The van der Waals surface area contributed by atoms with Gasteiger partial charge in [0.25, 0.3) is 0 Å². The van der Waals surface area contributed by atoms with Crippen LogP contribution in [-0.4, -0.2) is 13.2 Å². The number of furan rings is 1. The molecule has 3 N–H and O–H groups in total. The number of aryl methyl sites for hydroxylation is 1. The molecule has 1 aromatic carbocycles. The number of nitrogens with one attached hydrogen (secondary N) is 1. The average molecular weight is 248 g/mol. The number of hydrazine groups is 1. The van der Waals surface area contributed by atoms with E-state index in [0.29, 0.717) is 6.61 Å². The van der Waals surface area contributed by atoms with E-state index in [0.717, 1.165) is 29.8 Å². The van der Waals surface area contributed by atoms with Crippen molar-refractivity contribution in [3.63, 3.8) is 0 Å². The molecule has 1 heterocycles. The molecule has 1 unspecified atom stereocenters. The first-order chi connectivity index (χ1) is 8.74. The van der Waals surface area contributed by atoms with Gasteiger partial charge in [-0.05, 0) is 31.5 Å². The first-order valence-corrected chi connectivity index (χ1v) is 6.28. The highest BCUT2D eigenvalue weighted by atomic mass is 16.5. The Bertz CT molecular complexity index is 507. The van der Waals surface area contributed by atoms with E-state index < -0.39 is 0 Å². The van der Waals surface area contributed by atoms with Crippen molar-refractivity contribution < 1.29 is 9.15 Å². The number of hydrogen-bond donors (Lipinski definition) is 2. The smallest absolute Gasteiger partial charge is 0.134 e. The van der Waals surface area contributed by atoms with Crippen molar-refractivity contribution in [2.75, 3.05) is 13.2 Å². The fourth-order valence-electron chi connectivity index (χ4n) is 1.91. The van der Waals surface area contributed by atoms with Gasteiger partial charge < -0.3 is 9.15 Å². The maximum atomic E-state index is 5.78. The predicted octanol–water partition coefficient (Wildman–Crippen LogP) is 2.67. The Hall–Kier alpha value is -1.36. The van der Waals surface area contributed by atoms with Crippen molar-refractivity contribution in [2.45, 2.75) is 26.3 Å². The quantitative estimate of drug-likeness (QED) is 0.469. The molecule has 0 fully saturated rings. The van der Waals surface area contributed by atoms with Gasteiger partial charge in [0.2, 0.25) is 0 Å². The second kappa shape index (κ2) is 6.00. The molecule has 0 radical (unpaired) electrons. The van der Waals surface area contributed by atoms with Crippen molar-refractivity contribution in [1.82, 2.24) is 5.43 Å². The van der Waals surface area contributed by atoms with Crippen LogP contribution in [0.2, 0.25) is 0 Å². The van der Waals surface area contributed by atoms with Gasteiger partial charge in [-0.25, -0.2) is 5.43 Å². The van der Waals surface area contributed by atoms with Gasteiger partial charge in [0.05, 0.1) is 6.61 Å². The third-order valence-corrected chi connectivity index (χ3v) is 2.87. The zero-order valence-corrected chi connectivity index (χ0v) is 10.9. The fourth-order valence-corrected chi connectivity index (χ4v) is 1.91. The molecule has 0 aliphatic carbocycles. The minimum atomic E-state index is -0.107. The molecule has 4 nitrogen and oxygen atoms in total. The molecule has 2 aromatic rings. The summed E-state index contributed by atoms with van der Waals surface area (Å²) >= 11 is 0. The molecule has 1 aromatic heterocycles. The van der Waals surface area contributed by atoms with E-state index in [9.17, 15) is 0 Å². The van der Waals surface area contributed by atoms with Crippen LogP contribution < -0.4 is 11.3 Å². The van der Waals surface area contributed by atoms with Crippen molar-refractivity contribution >= 4 is 11.0 Å². The lowest BCUT2D eigenvalue weighted by atomic mass is 10.1. The standard InChI is InChI=1S/C14H20N2O2/c1-3-6-17-9-12(16-15)14-8-11-7-10(2)4-5-13(11)18-14/h4-5,7-8,12,16H,3,6,9,15H2,1-2H3. The minimum absolute atomic E-state index is 0.107. The van der Waals surface area contributed by atoms with Crippen LogP contribution in [0.3, 0.4) is 0 Å². The van der Waals surface area contributed by atoms with Crippen LogP contribution in [0, 0.1) is 6.92 Å². The number of benzene rings is 1. The van der Waals surface area contributed by atoms with Crippen LogP contribution in [0.1, 0.15) is 30.7 Å². The van der Waals surface area contributed by atoms with Crippen molar-refractivity contribution in [3.8, 4) is 0 Å². The third-order valence-electron chi connectivity index (χ3n) is 2.87. The Morgan fingerprint density at radius 2 is 2.22 bits per heavy atom. The van der Waals surface area contributed by atoms with Crippen LogP contribution in [0.5, 0.6) is 0 Å². The van der Waals surface area contributed by atoms with Crippen LogP contribution in [-0.2, 0) is 4.74 Å². The molecule has 18 heavy (non-hydrogen) atoms. The number of fused-ring (bicyclic) bond motifs is 1. The topological polar surface area (TPSA) is 60.4 Å². The first kappa shape index (κ1) is 13.1. The summed E-state index contributed by atoms with van der Waals surface area (Å²) in [5.41, 5.74) is 4.83. The van der Waals surface area contributed by atoms with E-state index in [4.69, 9.17) is 15.0 Å². The summed E-state index contributed by atoms with van der Waals surface area (Å²) in [7, 11) is 0. The summed E-state index contributed by atoms with van der Waals surface area (Å²) in [6, 6.07) is 8.03. The molecule has 0 aliphatic rings. The third kappa shape index (κ3) is 2.90. The van der Waals surface area contributed by atoms with Gasteiger partial charge in [-0.1, -0.05) is 18.6 Å². The van der Waals surface area contributed by atoms with E-state index in [1.807, 2.05) is 18.2 Å². The van der Waals surface area contributed by atoms with Crippen LogP contribution in [0.4, 0.5) is 0 Å². The van der Waals surface area contributed by atoms with Gasteiger partial charge in [0, 0.05) is 12.0 Å². The fraction of sp³-hybridized carbons (Fsp3) is 0.429. The molecular formula is C14H20N2O2. The van der Waals surface area contributed by atoms with E-state index in [2.05, 4.69) is 25.3 Å². The molecule has 98 valence electrons. The van der Waals surface area contributed by atoms with E-state index in [-0.39, 0.29) is 6.04 Å². The molecule has 2 rings (SSSR count). The second-order valence-electron chi connectivity index (χ2n) is 4.48. The van der Waals surface area contributed by atoms with Gasteiger partial charge in [0.1, 0.15) is 17.4 Å². The molecule has 1 atom stereocenters. The van der Waals surface area contributed by atoms with E-state index in [1.54, 1.807) is 0 Å². The van der Waals surface area contributed by atoms with Crippen LogP contribution >= 0.6 is 0 Å². The summed E-state index contributed by atoms with van der Waals surface area (Å²) in [5, 5.41) is 1.10. The average Bonchev–Trinajstić information content (AvgIpc) is 2.77. The lowest BCUT2D eigenvalue weighted by molar-refractivity contribution is 0.106. The Morgan fingerprint density at radius 1 is 1.39 bits per heavy atom. The zero-order valence-electron chi connectivity index (χ0n) is 10.9. The maximum absolute atomic E-state index is 5.78. The van der Waals surface area contributed by atoms with Crippen molar-refractivity contribution in [3.05, 3.63) is 35.6 Å². The summed E-state index contributed by atoms with van der Waals surface area (Å²) in [6.45, 7) is 5.39.